The smallest absolute Gasteiger partial charge is 0.0406 e. The minimum atomic E-state index is 0.405. The van der Waals surface area contributed by atoms with Gasteiger partial charge in [-0.2, -0.15) is 0 Å². The molecule has 1 aliphatic rings. The van der Waals surface area contributed by atoms with Crippen LogP contribution in [0.15, 0.2) is 24.4 Å². The average Bonchev–Trinajstić information content (AvgIpc) is 2.54. The Hall–Kier alpha value is -0.890. The third kappa shape index (κ3) is 2.07. The van der Waals surface area contributed by atoms with E-state index in [0.29, 0.717) is 12.0 Å². The fourth-order valence-corrected chi connectivity index (χ4v) is 2.11. The predicted octanol–water partition coefficient (Wildman–Crippen LogP) is 1.75. The molecule has 2 nitrogen and oxygen atoms in total. The van der Waals surface area contributed by atoms with Crippen LogP contribution < -0.4 is 5.73 Å². The van der Waals surface area contributed by atoms with Crippen LogP contribution in [-0.2, 0) is 6.42 Å². The zero-order valence-electron chi connectivity index (χ0n) is 7.82. The van der Waals surface area contributed by atoms with Crippen molar-refractivity contribution in [1.82, 2.24) is 4.98 Å². The summed E-state index contributed by atoms with van der Waals surface area (Å²) in [7, 11) is 0. The maximum Gasteiger partial charge on any atom is 0.0406 e. The summed E-state index contributed by atoms with van der Waals surface area (Å²) in [5.74, 6) is 0.662. The van der Waals surface area contributed by atoms with Crippen LogP contribution in [0.1, 0.15) is 25.0 Å². The van der Waals surface area contributed by atoms with Gasteiger partial charge in [0.15, 0.2) is 0 Å². The van der Waals surface area contributed by atoms with E-state index in [4.69, 9.17) is 5.73 Å². The number of hydrogen-bond donors (Lipinski definition) is 1. The Morgan fingerprint density at radius 2 is 2.31 bits per heavy atom. The zero-order valence-corrected chi connectivity index (χ0v) is 7.82. The van der Waals surface area contributed by atoms with Gasteiger partial charge >= 0.3 is 0 Å². The molecular formula is C11H16N2. The monoisotopic (exact) mass is 176 g/mol. The standard InChI is InChI=1S/C11H16N2/c12-11-6-3-4-9(11)8-10-5-1-2-7-13-10/h1-2,5,7,9,11H,3-4,6,8,12H2. The van der Waals surface area contributed by atoms with Crippen molar-refractivity contribution >= 4 is 0 Å². The Bertz CT molecular complexity index is 258. The molecule has 0 radical (unpaired) electrons. The van der Waals surface area contributed by atoms with Crippen LogP contribution in [0.3, 0.4) is 0 Å². The van der Waals surface area contributed by atoms with Crippen LogP contribution in [0.25, 0.3) is 0 Å². The van der Waals surface area contributed by atoms with E-state index in [0.717, 1.165) is 6.42 Å². The second kappa shape index (κ2) is 3.88. The van der Waals surface area contributed by atoms with Gasteiger partial charge in [-0.1, -0.05) is 12.5 Å². The number of rotatable bonds is 2. The highest BCUT2D eigenvalue weighted by atomic mass is 14.7. The molecule has 1 aliphatic carbocycles. The second-order valence-electron chi connectivity index (χ2n) is 3.88. The average molecular weight is 176 g/mol. The van der Waals surface area contributed by atoms with Crippen LogP contribution in [-0.4, -0.2) is 11.0 Å². The molecule has 0 amide bonds. The Balaban J connectivity index is 1.98. The van der Waals surface area contributed by atoms with Crippen molar-refractivity contribution in [2.75, 3.05) is 0 Å². The van der Waals surface area contributed by atoms with Crippen molar-refractivity contribution in [1.29, 1.82) is 0 Å². The van der Waals surface area contributed by atoms with Crippen molar-refractivity contribution in [3.8, 4) is 0 Å². The van der Waals surface area contributed by atoms with Gasteiger partial charge < -0.3 is 5.73 Å². The molecule has 2 heteroatoms. The number of nitrogens with zero attached hydrogens (tertiary/aromatic N) is 1. The van der Waals surface area contributed by atoms with Gasteiger partial charge in [0.2, 0.25) is 0 Å². The lowest BCUT2D eigenvalue weighted by atomic mass is 9.98. The molecule has 0 bridgehead atoms. The maximum absolute atomic E-state index is 6.00. The fraction of sp³-hybridized carbons (Fsp3) is 0.545. The van der Waals surface area contributed by atoms with E-state index in [1.807, 2.05) is 18.3 Å². The molecule has 2 rings (SSSR count). The molecule has 1 aromatic heterocycles. The Morgan fingerprint density at radius 3 is 2.92 bits per heavy atom. The summed E-state index contributed by atoms with van der Waals surface area (Å²) in [5, 5.41) is 0. The predicted molar refractivity (Wildman–Crippen MR) is 53.3 cm³/mol. The summed E-state index contributed by atoms with van der Waals surface area (Å²) in [5.41, 5.74) is 7.18. The van der Waals surface area contributed by atoms with Crippen LogP contribution in [0.2, 0.25) is 0 Å². The Kier molecular flexibility index (Phi) is 2.60. The molecule has 2 atom stereocenters. The van der Waals surface area contributed by atoms with Gasteiger partial charge in [-0.3, -0.25) is 4.98 Å². The van der Waals surface area contributed by atoms with Crippen molar-refractivity contribution < 1.29 is 0 Å². The van der Waals surface area contributed by atoms with E-state index in [2.05, 4.69) is 11.1 Å². The lowest BCUT2D eigenvalue weighted by molar-refractivity contribution is 0.474. The highest BCUT2D eigenvalue weighted by Gasteiger charge is 2.23. The third-order valence-electron chi connectivity index (χ3n) is 2.92. The van der Waals surface area contributed by atoms with Crippen molar-refractivity contribution in [2.45, 2.75) is 31.7 Å². The molecule has 2 unspecified atom stereocenters. The number of nitrogens with two attached hydrogens (primary N) is 1. The van der Waals surface area contributed by atoms with Crippen molar-refractivity contribution in [3.63, 3.8) is 0 Å². The molecule has 2 N–H and O–H groups in total. The summed E-state index contributed by atoms with van der Waals surface area (Å²) in [6.07, 6.45) is 6.67. The van der Waals surface area contributed by atoms with Gasteiger partial charge in [-0.05, 0) is 37.3 Å². The van der Waals surface area contributed by atoms with Crippen molar-refractivity contribution in [2.24, 2.45) is 11.7 Å². The molecule has 1 heterocycles. The first kappa shape index (κ1) is 8.70. The van der Waals surface area contributed by atoms with E-state index in [9.17, 15) is 0 Å². The first-order valence-electron chi connectivity index (χ1n) is 5.02. The molecule has 13 heavy (non-hydrogen) atoms. The quantitative estimate of drug-likeness (QED) is 0.745. The summed E-state index contributed by atoms with van der Waals surface area (Å²) in [4.78, 5) is 4.32. The highest BCUT2D eigenvalue weighted by molar-refractivity contribution is 5.05. The van der Waals surface area contributed by atoms with E-state index in [1.165, 1.54) is 25.0 Å². The first-order valence-corrected chi connectivity index (χ1v) is 5.02. The molecule has 0 spiro atoms. The van der Waals surface area contributed by atoms with Crippen LogP contribution in [0, 0.1) is 5.92 Å². The molecule has 70 valence electrons. The summed E-state index contributed by atoms with van der Waals surface area (Å²) in [6.45, 7) is 0. The molecule has 0 saturated heterocycles. The molecule has 0 aromatic carbocycles. The summed E-state index contributed by atoms with van der Waals surface area (Å²) in [6, 6.07) is 6.49. The van der Waals surface area contributed by atoms with E-state index < -0.39 is 0 Å². The third-order valence-corrected chi connectivity index (χ3v) is 2.92. The first-order chi connectivity index (χ1) is 6.36. The molecule has 1 aromatic rings. The minimum absolute atomic E-state index is 0.405. The van der Waals surface area contributed by atoms with Gasteiger partial charge in [-0.15, -0.1) is 0 Å². The number of aromatic nitrogens is 1. The lowest BCUT2D eigenvalue weighted by Gasteiger charge is -2.13. The fourth-order valence-electron chi connectivity index (χ4n) is 2.11. The minimum Gasteiger partial charge on any atom is -0.327 e. The van der Waals surface area contributed by atoms with Crippen LogP contribution in [0.5, 0.6) is 0 Å². The van der Waals surface area contributed by atoms with Crippen molar-refractivity contribution in [3.05, 3.63) is 30.1 Å². The SMILES string of the molecule is NC1CCCC1Cc1ccccn1. The molecule has 1 saturated carbocycles. The lowest BCUT2D eigenvalue weighted by Crippen LogP contribution is -2.26. The Labute approximate surface area is 79.2 Å². The second-order valence-corrected chi connectivity index (χ2v) is 3.88. The number of pyridine rings is 1. The van der Waals surface area contributed by atoms with Crippen LogP contribution >= 0.6 is 0 Å². The van der Waals surface area contributed by atoms with E-state index >= 15 is 0 Å². The van der Waals surface area contributed by atoms with Crippen LogP contribution in [0.4, 0.5) is 0 Å². The zero-order chi connectivity index (χ0) is 9.10. The van der Waals surface area contributed by atoms with E-state index in [-0.39, 0.29) is 0 Å². The Morgan fingerprint density at radius 1 is 1.38 bits per heavy atom. The largest absolute Gasteiger partial charge is 0.327 e. The van der Waals surface area contributed by atoms with Gasteiger partial charge in [0.1, 0.15) is 0 Å². The van der Waals surface area contributed by atoms with E-state index in [1.54, 1.807) is 0 Å². The molecule has 1 fully saturated rings. The topological polar surface area (TPSA) is 38.9 Å². The van der Waals surface area contributed by atoms with Gasteiger partial charge in [-0.25, -0.2) is 0 Å². The summed E-state index contributed by atoms with van der Waals surface area (Å²) >= 11 is 0. The maximum atomic E-state index is 6.00. The molecule has 0 aliphatic heterocycles. The van der Waals surface area contributed by atoms with Gasteiger partial charge in [0.05, 0.1) is 0 Å². The van der Waals surface area contributed by atoms with Gasteiger partial charge in [0, 0.05) is 17.9 Å². The number of hydrogen-bond acceptors (Lipinski definition) is 2. The normalized spacial score (nSPS) is 27.8. The van der Waals surface area contributed by atoms with Gasteiger partial charge in [0.25, 0.3) is 0 Å². The summed E-state index contributed by atoms with van der Waals surface area (Å²) < 4.78 is 0. The molecular weight excluding hydrogens is 160 g/mol. The highest BCUT2D eigenvalue weighted by Crippen LogP contribution is 2.26.